The van der Waals surface area contributed by atoms with Crippen molar-refractivity contribution in [2.24, 2.45) is 5.92 Å². The van der Waals surface area contributed by atoms with E-state index in [1.54, 1.807) is 31.2 Å². The first-order valence-corrected chi connectivity index (χ1v) is 8.41. The van der Waals surface area contributed by atoms with Crippen LogP contribution in [0.3, 0.4) is 0 Å². The van der Waals surface area contributed by atoms with E-state index in [-0.39, 0.29) is 12.4 Å². The van der Waals surface area contributed by atoms with Crippen LogP contribution in [-0.4, -0.2) is 18.5 Å². The third-order valence-corrected chi connectivity index (χ3v) is 4.54. The molecular weight excluding hydrogens is 321 g/mol. The highest BCUT2D eigenvalue weighted by Gasteiger charge is 2.36. The van der Waals surface area contributed by atoms with Crippen molar-refractivity contribution in [3.8, 4) is 0 Å². The van der Waals surface area contributed by atoms with Gasteiger partial charge in [0.25, 0.3) is 0 Å². The van der Waals surface area contributed by atoms with Crippen molar-refractivity contribution >= 4 is 11.9 Å². The number of carbonyl (C=O) groups excluding carboxylic acids is 2. The molecule has 2 aromatic rings. The number of rotatable bonds is 4. The molecule has 0 bridgehead atoms. The molecule has 2 atom stereocenters. The number of nitrogens with one attached hydrogen (secondary N) is 1. The highest BCUT2D eigenvalue weighted by atomic mass is 19.1. The molecule has 25 heavy (non-hydrogen) atoms. The van der Waals surface area contributed by atoms with Crippen LogP contribution < -0.4 is 5.32 Å². The Labute approximate surface area is 146 Å². The lowest BCUT2D eigenvalue weighted by atomic mass is 9.77. The summed E-state index contributed by atoms with van der Waals surface area (Å²) in [6.07, 6.45) is 0.603. The molecule has 130 valence electrons. The zero-order chi connectivity index (χ0) is 17.8. The Hall–Kier alpha value is -2.69. The maximum Gasteiger partial charge on any atom is 0.407 e. The molecule has 1 aliphatic carbocycles. The van der Waals surface area contributed by atoms with E-state index in [9.17, 15) is 14.0 Å². The smallest absolute Gasteiger partial charge is 0.407 e. The van der Waals surface area contributed by atoms with Gasteiger partial charge < -0.3 is 10.1 Å². The van der Waals surface area contributed by atoms with Gasteiger partial charge in [-0.15, -0.1) is 0 Å². The normalized spacial score (nSPS) is 17.5. The number of alkyl carbamates (subject to hydrolysis) is 1. The van der Waals surface area contributed by atoms with E-state index >= 15 is 0 Å². The molecule has 0 radical (unpaired) electrons. The molecule has 1 N–H and O–H groups in total. The van der Waals surface area contributed by atoms with Crippen molar-refractivity contribution in [2.75, 3.05) is 6.61 Å². The number of halogens is 1. The number of Topliss-reactive ketones (excluding diaryl/α,β-unsaturated/α-hetero) is 1. The van der Waals surface area contributed by atoms with Gasteiger partial charge in [-0.05, 0) is 31.4 Å². The van der Waals surface area contributed by atoms with Crippen LogP contribution in [0.4, 0.5) is 9.18 Å². The lowest BCUT2D eigenvalue weighted by Gasteiger charge is -2.31. The highest BCUT2D eigenvalue weighted by Crippen LogP contribution is 2.35. The number of benzene rings is 2. The Balaban J connectivity index is 1.96. The Morgan fingerprint density at radius 3 is 2.72 bits per heavy atom. The van der Waals surface area contributed by atoms with Gasteiger partial charge in [-0.3, -0.25) is 4.79 Å². The van der Waals surface area contributed by atoms with Gasteiger partial charge in [0.15, 0.2) is 5.78 Å². The average molecular weight is 341 g/mol. The van der Waals surface area contributed by atoms with Crippen molar-refractivity contribution < 1.29 is 18.7 Å². The maximum atomic E-state index is 14.4. The van der Waals surface area contributed by atoms with Crippen LogP contribution in [0.5, 0.6) is 0 Å². The summed E-state index contributed by atoms with van der Waals surface area (Å²) < 4.78 is 19.3. The van der Waals surface area contributed by atoms with Crippen molar-refractivity contribution in [1.82, 2.24) is 5.32 Å². The molecule has 1 amide bonds. The summed E-state index contributed by atoms with van der Waals surface area (Å²) in [4.78, 5) is 24.9. The minimum Gasteiger partial charge on any atom is -0.450 e. The fourth-order valence-corrected chi connectivity index (χ4v) is 3.36. The minimum atomic E-state index is -0.763. The zero-order valence-corrected chi connectivity index (χ0v) is 14.0. The zero-order valence-electron chi connectivity index (χ0n) is 14.0. The molecule has 5 heteroatoms. The van der Waals surface area contributed by atoms with E-state index in [0.29, 0.717) is 24.0 Å². The largest absolute Gasteiger partial charge is 0.450 e. The summed E-state index contributed by atoms with van der Waals surface area (Å²) in [6.45, 7) is 1.90. The van der Waals surface area contributed by atoms with Crippen LogP contribution in [-0.2, 0) is 11.2 Å². The SMILES string of the molecule is CCOC(=O)N[C@@H](c1ccccc1F)[C@H]1CCc2ccccc2C1=O. The van der Waals surface area contributed by atoms with Gasteiger partial charge in [0, 0.05) is 17.0 Å². The summed E-state index contributed by atoms with van der Waals surface area (Å²) in [5.41, 5.74) is 1.94. The van der Waals surface area contributed by atoms with Gasteiger partial charge in [0.05, 0.1) is 12.6 Å². The average Bonchev–Trinajstić information content (AvgIpc) is 2.62. The molecule has 0 fully saturated rings. The second-order valence-electron chi connectivity index (χ2n) is 6.03. The quantitative estimate of drug-likeness (QED) is 0.912. The molecule has 2 aromatic carbocycles. The molecule has 4 nitrogen and oxygen atoms in total. The first-order valence-electron chi connectivity index (χ1n) is 8.41. The Kier molecular flexibility index (Phi) is 5.12. The number of amides is 1. The molecule has 0 aromatic heterocycles. The summed E-state index contributed by atoms with van der Waals surface area (Å²) in [5.74, 6) is -1.06. The second-order valence-corrected chi connectivity index (χ2v) is 6.03. The van der Waals surface area contributed by atoms with E-state index in [1.165, 1.54) is 6.07 Å². The topological polar surface area (TPSA) is 55.4 Å². The fraction of sp³-hybridized carbons (Fsp3) is 0.300. The van der Waals surface area contributed by atoms with E-state index in [1.807, 2.05) is 18.2 Å². The lowest BCUT2D eigenvalue weighted by molar-refractivity contribution is 0.0857. The van der Waals surface area contributed by atoms with Crippen LogP contribution in [0.15, 0.2) is 48.5 Å². The van der Waals surface area contributed by atoms with Gasteiger partial charge in [0.1, 0.15) is 5.82 Å². The molecule has 0 saturated heterocycles. The molecule has 0 aliphatic heterocycles. The molecular formula is C20H20FNO3. The Morgan fingerprint density at radius 2 is 1.96 bits per heavy atom. The summed E-state index contributed by atoms with van der Waals surface area (Å²) in [7, 11) is 0. The Morgan fingerprint density at radius 1 is 1.24 bits per heavy atom. The van der Waals surface area contributed by atoms with E-state index in [2.05, 4.69) is 5.32 Å². The second kappa shape index (κ2) is 7.47. The molecule has 0 saturated carbocycles. The summed E-state index contributed by atoms with van der Waals surface area (Å²) in [6, 6.07) is 12.9. The number of aryl methyl sites for hydroxylation is 1. The lowest BCUT2D eigenvalue weighted by Crippen LogP contribution is -2.39. The van der Waals surface area contributed by atoms with Crippen LogP contribution in [0.25, 0.3) is 0 Å². The van der Waals surface area contributed by atoms with Crippen molar-refractivity contribution in [3.63, 3.8) is 0 Å². The number of fused-ring (bicyclic) bond motifs is 1. The van der Waals surface area contributed by atoms with Gasteiger partial charge in [-0.1, -0.05) is 42.5 Å². The number of hydrogen-bond acceptors (Lipinski definition) is 3. The summed E-state index contributed by atoms with van der Waals surface area (Å²) >= 11 is 0. The number of ketones is 1. The predicted molar refractivity (Wildman–Crippen MR) is 91.9 cm³/mol. The van der Waals surface area contributed by atoms with Crippen LogP contribution in [0.1, 0.15) is 40.9 Å². The third-order valence-electron chi connectivity index (χ3n) is 4.54. The maximum absolute atomic E-state index is 14.4. The van der Waals surface area contributed by atoms with E-state index < -0.39 is 23.9 Å². The molecule has 0 spiro atoms. The standard InChI is InChI=1S/C20H20FNO3/c1-2-25-20(24)22-18(15-9-5-6-10-17(15)21)16-12-11-13-7-3-4-8-14(13)19(16)23/h3-10,16,18H,2,11-12H2,1H3,(H,22,24)/t16-,18+/m1/s1. The van der Waals surface area contributed by atoms with Crippen LogP contribution >= 0.6 is 0 Å². The van der Waals surface area contributed by atoms with Gasteiger partial charge in [-0.25, -0.2) is 9.18 Å². The summed E-state index contributed by atoms with van der Waals surface area (Å²) in [5, 5.41) is 2.68. The van der Waals surface area contributed by atoms with Crippen molar-refractivity contribution in [2.45, 2.75) is 25.8 Å². The number of hydrogen-bond donors (Lipinski definition) is 1. The third kappa shape index (κ3) is 3.55. The fourth-order valence-electron chi connectivity index (χ4n) is 3.36. The number of ether oxygens (including phenoxy) is 1. The molecule has 0 unspecified atom stereocenters. The predicted octanol–water partition coefficient (Wildman–Crippen LogP) is 4.06. The van der Waals surface area contributed by atoms with E-state index in [4.69, 9.17) is 4.74 Å². The van der Waals surface area contributed by atoms with Gasteiger partial charge in [-0.2, -0.15) is 0 Å². The molecule has 0 heterocycles. The van der Waals surface area contributed by atoms with Crippen molar-refractivity contribution in [1.29, 1.82) is 0 Å². The number of carbonyl (C=O) groups is 2. The minimum absolute atomic E-state index is 0.0769. The Bertz CT molecular complexity index is 790. The monoisotopic (exact) mass is 341 g/mol. The van der Waals surface area contributed by atoms with Crippen molar-refractivity contribution in [3.05, 3.63) is 71.0 Å². The molecule has 1 aliphatic rings. The first kappa shape index (κ1) is 17.1. The van der Waals surface area contributed by atoms with Crippen LogP contribution in [0, 0.1) is 11.7 Å². The first-order chi connectivity index (χ1) is 12.1. The highest BCUT2D eigenvalue weighted by molar-refractivity contribution is 6.00. The molecule has 3 rings (SSSR count). The van der Waals surface area contributed by atoms with Gasteiger partial charge >= 0.3 is 6.09 Å². The van der Waals surface area contributed by atoms with Crippen LogP contribution in [0.2, 0.25) is 0 Å². The van der Waals surface area contributed by atoms with Gasteiger partial charge in [0.2, 0.25) is 0 Å². The van der Waals surface area contributed by atoms with E-state index in [0.717, 1.165) is 5.56 Å².